The Balaban J connectivity index is 3.15. The van der Waals surface area contributed by atoms with E-state index >= 15 is 0 Å². The van der Waals surface area contributed by atoms with E-state index in [2.05, 4.69) is 4.74 Å². The van der Waals surface area contributed by atoms with Gasteiger partial charge in [-0.2, -0.15) is 0 Å². The van der Waals surface area contributed by atoms with Crippen LogP contribution in [0.4, 0.5) is 4.39 Å². The lowest BCUT2D eigenvalue weighted by Gasteiger charge is -2.06. The SMILES string of the molecule is COC(=O)Cc1c(F)ccc(C=O)c1Cl. The normalized spacial score (nSPS) is 9.80. The molecule has 0 aliphatic heterocycles. The molecule has 1 aromatic rings. The van der Waals surface area contributed by atoms with Gasteiger partial charge in [0, 0.05) is 11.1 Å². The van der Waals surface area contributed by atoms with Gasteiger partial charge in [-0.1, -0.05) is 11.6 Å². The number of hydrogen-bond donors (Lipinski definition) is 0. The molecule has 0 fully saturated rings. The minimum Gasteiger partial charge on any atom is -0.469 e. The number of rotatable bonds is 3. The molecule has 0 spiro atoms. The molecule has 0 radical (unpaired) electrons. The topological polar surface area (TPSA) is 43.4 Å². The van der Waals surface area contributed by atoms with Crippen LogP contribution >= 0.6 is 11.6 Å². The maximum Gasteiger partial charge on any atom is 0.310 e. The van der Waals surface area contributed by atoms with Crippen molar-refractivity contribution < 1.29 is 18.7 Å². The van der Waals surface area contributed by atoms with Gasteiger partial charge in [0.15, 0.2) is 6.29 Å². The molecule has 0 aromatic heterocycles. The zero-order chi connectivity index (χ0) is 11.4. The number of ether oxygens (including phenoxy) is 1. The average molecular weight is 231 g/mol. The summed E-state index contributed by atoms with van der Waals surface area (Å²) in [6.07, 6.45) is 0.214. The molecule has 0 atom stereocenters. The zero-order valence-electron chi connectivity index (χ0n) is 7.92. The molecule has 80 valence electrons. The lowest BCUT2D eigenvalue weighted by Crippen LogP contribution is -2.07. The van der Waals surface area contributed by atoms with Gasteiger partial charge in [-0.25, -0.2) is 4.39 Å². The Morgan fingerprint density at radius 3 is 2.80 bits per heavy atom. The highest BCUT2D eigenvalue weighted by molar-refractivity contribution is 6.33. The summed E-state index contributed by atoms with van der Waals surface area (Å²) in [5.74, 6) is -1.24. The van der Waals surface area contributed by atoms with E-state index in [1.165, 1.54) is 13.2 Å². The van der Waals surface area contributed by atoms with Gasteiger partial charge >= 0.3 is 5.97 Å². The first-order valence-electron chi connectivity index (χ1n) is 4.09. The molecular weight excluding hydrogens is 223 g/mol. The van der Waals surface area contributed by atoms with E-state index in [1.54, 1.807) is 0 Å². The van der Waals surface area contributed by atoms with Crippen molar-refractivity contribution in [2.24, 2.45) is 0 Å². The predicted octanol–water partition coefficient (Wildman–Crippen LogP) is 2.01. The quantitative estimate of drug-likeness (QED) is 0.589. The van der Waals surface area contributed by atoms with Crippen molar-refractivity contribution in [3.63, 3.8) is 0 Å². The smallest absolute Gasteiger partial charge is 0.310 e. The second-order valence-electron chi connectivity index (χ2n) is 2.80. The lowest BCUT2D eigenvalue weighted by molar-refractivity contribution is -0.139. The zero-order valence-corrected chi connectivity index (χ0v) is 8.68. The van der Waals surface area contributed by atoms with Crippen molar-refractivity contribution in [1.82, 2.24) is 0 Å². The number of carbonyl (C=O) groups excluding carboxylic acids is 2. The van der Waals surface area contributed by atoms with Crippen molar-refractivity contribution in [1.29, 1.82) is 0 Å². The summed E-state index contributed by atoms with van der Waals surface area (Å²) in [4.78, 5) is 21.5. The van der Waals surface area contributed by atoms with E-state index in [4.69, 9.17) is 11.6 Å². The molecule has 1 rings (SSSR count). The molecule has 0 unspecified atom stereocenters. The third-order valence-corrected chi connectivity index (χ3v) is 2.34. The molecule has 0 aliphatic rings. The van der Waals surface area contributed by atoms with Crippen molar-refractivity contribution in [3.05, 3.63) is 34.1 Å². The minimum absolute atomic E-state index is 0.0203. The van der Waals surface area contributed by atoms with E-state index in [1.807, 2.05) is 0 Å². The molecular formula is C10H8ClFO3. The fraction of sp³-hybridized carbons (Fsp3) is 0.200. The largest absolute Gasteiger partial charge is 0.469 e. The highest BCUT2D eigenvalue weighted by Gasteiger charge is 2.15. The van der Waals surface area contributed by atoms with Gasteiger partial charge in [0.2, 0.25) is 0 Å². The molecule has 0 saturated carbocycles. The fourth-order valence-corrected chi connectivity index (χ4v) is 1.35. The summed E-state index contributed by atoms with van der Waals surface area (Å²) < 4.78 is 17.6. The van der Waals surface area contributed by atoms with Crippen LogP contribution in [0.3, 0.4) is 0 Å². The first-order valence-corrected chi connectivity index (χ1v) is 4.46. The molecule has 0 bridgehead atoms. The number of esters is 1. The number of halogens is 2. The molecule has 0 N–H and O–H groups in total. The lowest BCUT2D eigenvalue weighted by atomic mass is 10.1. The number of benzene rings is 1. The van der Waals surface area contributed by atoms with Gasteiger partial charge in [0.05, 0.1) is 18.6 Å². The number of aldehydes is 1. The van der Waals surface area contributed by atoms with Crippen LogP contribution in [0.1, 0.15) is 15.9 Å². The summed E-state index contributed by atoms with van der Waals surface area (Å²) in [6, 6.07) is 2.35. The van der Waals surface area contributed by atoms with Gasteiger partial charge in [0.1, 0.15) is 5.82 Å². The first kappa shape index (κ1) is 11.7. The summed E-state index contributed by atoms with van der Waals surface area (Å²) in [7, 11) is 1.19. The van der Waals surface area contributed by atoms with Crippen molar-refractivity contribution in [3.8, 4) is 0 Å². The summed E-state index contributed by atoms with van der Waals surface area (Å²) in [5, 5.41) is -0.0459. The number of hydrogen-bond acceptors (Lipinski definition) is 3. The maximum absolute atomic E-state index is 13.3. The molecule has 0 heterocycles. The average Bonchev–Trinajstić information content (AvgIpc) is 2.24. The molecule has 3 nitrogen and oxygen atoms in total. The van der Waals surface area contributed by atoms with E-state index < -0.39 is 11.8 Å². The van der Waals surface area contributed by atoms with Crippen LogP contribution in [0, 0.1) is 5.82 Å². The van der Waals surface area contributed by atoms with Crippen LogP contribution in [0.15, 0.2) is 12.1 Å². The second-order valence-corrected chi connectivity index (χ2v) is 3.18. The van der Waals surface area contributed by atoms with E-state index in [9.17, 15) is 14.0 Å². The molecule has 0 amide bonds. The van der Waals surface area contributed by atoms with Gasteiger partial charge in [-0.3, -0.25) is 9.59 Å². The maximum atomic E-state index is 13.3. The Hall–Kier alpha value is -1.42. The van der Waals surface area contributed by atoms with Gasteiger partial charge < -0.3 is 4.74 Å². The second kappa shape index (κ2) is 4.89. The van der Waals surface area contributed by atoms with E-state index in [0.29, 0.717) is 6.29 Å². The third-order valence-electron chi connectivity index (χ3n) is 1.89. The molecule has 0 saturated heterocycles. The van der Waals surface area contributed by atoms with E-state index in [0.717, 1.165) is 6.07 Å². The highest BCUT2D eigenvalue weighted by Crippen LogP contribution is 2.23. The molecule has 15 heavy (non-hydrogen) atoms. The monoisotopic (exact) mass is 230 g/mol. The van der Waals surface area contributed by atoms with Gasteiger partial charge in [0.25, 0.3) is 0 Å². The predicted molar refractivity (Wildman–Crippen MR) is 52.5 cm³/mol. The van der Waals surface area contributed by atoms with Crippen LogP contribution in [0.25, 0.3) is 0 Å². The highest BCUT2D eigenvalue weighted by atomic mass is 35.5. The van der Waals surface area contributed by atoms with Crippen LogP contribution < -0.4 is 0 Å². The van der Waals surface area contributed by atoms with Gasteiger partial charge in [-0.15, -0.1) is 0 Å². The van der Waals surface area contributed by atoms with Crippen molar-refractivity contribution in [2.45, 2.75) is 6.42 Å². The summed E-state index contributed by atoms with van der Waals surface area (Å²) >= 11 is 5.74. The van der Waals surface area contributed by atoms with Crippen LogP contribution in [-0.4, -0.2) is 19.4 Å². The Morgan fingerprint density at radius 1 is 1.60 bits per heavy atom. The summed E-state index contributed by atoms with van der Waals surface area (Å²) in [6.45, 7) is 0. The molecule has 5 heteroatoms. The van der Waals surface area contributed by atoms with Crippen LogP contribution in [0.2, 0.25) is 5.02 Å². The fourth-order valence-electron chi connectivity index (χ4n) is 1.09. The number of methoxy groups -OCH3 is 1. The number of carbonyl (C=O) groups is 2. The van der Waals surface area contributed by atoms with Crippen molar-refractivity contribution >= 4 is 23.9 Å². The Kier molecular flexibility index (Phi) is 3.80. The summed E-state index contributed by atoms with van der Waals surface area (Å²) in [5.41, 5.74) is 0.130. The minimum atomic E-state index is -0.629. The Bertz CT molecular complexity index is 404. The Morgan fingerprint density at radius 2 is 2.27 bits per heavy atom. The Labute approximate surface area is 90.8 Å². The van der Waals surface area contributed by atoms with Crippen molar-refractivity contribution in [2.75, 3.05) is 7.11 Å². The van der Waals surface area contributed by atoms with E-state index in [-0.39, 0.29) is 22.6 Å². The van der Waals surface area contributed by atoms with Crippen LogP contribution in [0.5, 0.6) is 0 Å². The van der Waals surface area contributed by atoms with Crippen LogP contribution in [-0.2, 0) is 16.0 Å². The standard InChI is InChI=1S/C10H8ClFO3/c1-15-9(14)4-7-8(12)3-2-6(5-13)10(7)11/h2-3,5H,4H2,1H3. The molecule has 1 aromatic carbocycles. The third kappa shape index (κ3) is 2.53. The molecule has 0 aliphatic carbocycles. The first-order chi connectivity index (χ1) is 7.10. The van der Waals surface area contributed by atoms with Gasteiger partial charge in [-0.05, 0) is 12.1 Å².